The van der Waals surface area contributed by atoms with Crippen molar-refractivity contribution in [3.8, 4) is 0 Å². The topological polar surface area (TPSA) is 0 Å². The molecule has 2 unspecified atom stereocenters. The molecule has 310 valence electrons. The van der Waals surface area contributed by atoms with Crippen LogP contribution in [0.5, 0.6) is 0 Å². The van der Waals surface area contributed by atoms with E-state index in [1.807, 2.05) is 0 Å². The van der Waals surface area contributed by atoms with Gasteiger partial charge in [-0.1, -0.05) is 278 Å². The van der Waals surface area contributed by atoms with Crippen LogP contribution in [0.1, 0.15) is 297 Å². The molecule has 0 aliphatic heterocycles. The SMILES string of the molecule is CCCC(C)(CC)CCC.CCCC(CC)(CC)CC.CCCC(CCC)CCC.CCCCC(CC)CCC.CCCCCC(C)CCC. The molecule has 0 aromatic heterocycles. The van der Waals surface area contributed by atoms with Crippen LogP contribution in [0.15, 0.2) is 0 Å². The van der Waals surface area contributed by atoms with Gasteiger partial charge in [-0.05, 0) is 47.8 Å². The number of rotatable bonds is 28. The standard InChI is InChI=1S/5C10H22/c1-5-8-10(4,7-3)9-6-2;1-5-9-10(6-2,7-3)8-4;1-4-6-7-9-10(3)8-5-2;1-4-7-9-10(6-3)8-5-2;1-4-7-10(8-5-2)9-6-3/h2*5-9H2,1-4H3;3*10H,4-9H2,1-3H3. The molecular weight excluding hydrogens is 601 g/mol. The van der Waals surface area contributed by atoms with Gasteiger partial charge in [-0.3, -0.25) is 0 Å². The molecule has 0 heterocycles. The number of unbranched alkanes of at least 4 members (excludes halogenated alkanes) is 3. The molecule has 0 aliphatic carbocycles. The van der Waals surface area contributed by atoms with Crippen molar-refractivity contribution < 1.29 is 0 Å². The molecule has 0 rings (SSSR count). The van der Waals surface area contributed by atoms with Crippen LogP contribution in [0.3, 0.4) is 0 Å². The third kappa shape index (κ3) is 42.4. The van der Waals surface area contributed by atoms with E-state index in [0.717, 1.165) is 17.8 Å². The van der Waals surface area contributed by atoms with Gasteiger partial charge in [-0.2, -0.15) is 0 Å². The maximum Gasteiger partial charge on any atom is -0.0305 e. The molecule has 0 nitrogen and oxygen atoms in total. The molecule has 0 radical (unpaired) electrons. The smallest absolute Gasteiger partial charge is 0.0305 e. The third-order valence-corrected chi connectivity index (χ3v) is 12.0. The summed E-state index contributed by atoms with van der Waals surface area (Å²) in [5, 5.41) is 0. The van der Waals surface area contributed by atoms with E-state index in [-0.39, 0.29) is 0 Å². The van der Waals surface area contributed by atoms with E-state index in [1.165, 1.54) is 180 Å². The van der Waals surface area contributed by atoms with Crippen LogP contribution in [-0.4, -0.2) is 0 Å². The summed E-state index contributed by atoms with van der Waals surface area (Å²) in [6.07, 6.45) is 39.0. The Labute approximate surface area is 325 Å². The summed E-state index contributed by atoms with van der Waals surface area (Å²) in [6, 6.07) is 0. The van der Waals surface area contributed by atoms with E-state index in [0.29, 0.717) is 10.8 Å². The van der Waals surface area contributed by atoms with Gasteiger partial charge in [-0.15, -0.1) is 0 Å². The van der Waals surface area contributed by atoms with Gasteiger partial charge in [0.2, 0.25) is 0 Å². The molecule has 0 aliphatic rings. The van der Waals surface area contributed by atoms with Gasteiger partial charge in [0, 0.05) is 0 Å². The third-order valence-electron chi connectivity index (χ3n) is 12.0. The van der Waals surface area contributed by atoms with Crippen molar-refractivity contribution >= 4 is 0 Å². The minimum atomic E-state index is 0.642. The molecule has 50 heavy (non-hydrogen) atoms. The second-order valence-electron chi connectivity index (χ2n) is 16.8. The van der Waals surface area contributed by atoms with Gasteiger partial charge < -0.3 is 0 Å². The monoisotopic (exact) mass is 711 g/mol. The van der Waals surface area contributed by atoms with E-state index in [1.54, 1.807) is 0 Å². The largest absolute Gasteiger partial charge is 0.0654 e. The first-order valence-corrected chi connectivity index (χ1v) is 23.9. The lowest BCUT2D eigenvalue weighted by molar-refractivity contribution is 0.226. The van der Waals surface area contributed by atoms with Crippen LogP contribution in [0.2, 0.25) is 0 Å². The van der Waals surface area contributed by atoms with Crippen molar-refractivity contribution in [2.75, 3.05) is 0 Å². The molecule has 2 atom stereocenters. The number of hydrogen-bond donors (Lipinski definition) is 0. The van der Waals surface area contributed by atoms with Gasteiger partial charge in [0.25, 0.3) is 0 Å². The number of hydrogen-bond acceptors (Lipinski definition) is 0. The van der Waals surface area contributed by atoms with Crippen LogP contribution in [0.4, 0.5) is 0 Å². The zero-order chi connectivity index (χ0) is 39.5. The first-order valence-electron chi connectivity index (χ1n) is 23.9. The molecule has 0 saturated carbocycles. The maximum absolute atomic E-state index is 2.42. The summed E-state index contributed by atoms with van der Waals surface area (Å²) < 4.78 is 0. The molecule has 0 saturated heterocycles. The lowest BCUT2D eigenvalue weighted by atomic mass is 9.76. The van der Waals surface area contributed by atoms with Crippen molar-refractivity contribution in [1.82, 2.24) is 0 Å². The van der Waals surface area contributed by atoms with E-state index in [9.17, 15) is 0 Å². The molecule has 0 spiro atoms. The Morgan fingerprint density at radius 3 is 1.02 bits per heavy atom. The lowest BCUT2D eigenvalue weighted by Gasteiger charge is -2.29. The second kappa shape index (κ2) is 47.0. The average Bonchev–Trinajstić information content (AvgIpc) is 3.11. The summed E-state index contributed by atoms with van der Waals surface area (Å²) in [6.45, 7) is 39.2. The Balaban J connectivity index is -0.000000169. The summed E-state index contributed by atoms with van der Waals surface area (Å²) in [7, 11) is 0. The van der Waals surface area contributed by atoms with Gasteiger partial charge in [0.05, 0.1) is 0 Å². The molecule has 0 aromatic carbocycles. The van der Waals surface area contributed by atoms with Crippen LogP contribution < -0.4 is 0 Å². The maximum atomic E-state index is 2.42. The zero-order valence-electron chi connectivity index (χ0n) is 39.5. The summed E-state index contributed by atoms with van der Waals surface area (Å²) in [5.41, 5.74) is 1.32. The fourth-order valence-electron chi connectivity index (χ4n) is 7.99. The molecule has 0 N–H and O–H groups in total. The Bertz CT molecular complexity index is 514. The van der Waals surface area contributed by atoms with E-state index >= 15 is 0 Å². The normalized spacial score (nSPS) is 12.4. The van der Waals surface area contributed by atoms with E-state index < -0.39 is 0 Å². The summed E-state index contributed by atoms with van der Waals surface area (Å²) in [5.74, 6) is 3.02. The summed E-state index contributed by atoms with van der Waals surface area (Å²) in [4.78, 5) is 0. The highest BCUT2D eigenvalue weighted by Gasteiger charge is 2.21. The first kappa shape index (κ1) is 59.3. The Kier molecular flexibility index (Phi) is 55.8. The zero-order valence-corrected chi connectivity index (χ0v) is 39.5. The van der Waals surface area contributed by atoms with Crippen molar-refractivity contribution in [2.45, 2.75) is 297 Å². The van der Waals surface area contributed by atoms with Gasteiger partial charge in [0.15, 0.2) is 0 Å². The quantitative estimate of drug-likeness (QED) is 0.0709. The highest BCUT2D eigenvalue weighted by atomic mass is 14.3. The Morgan fingerprint density at radius 2 is 0.740 bits per heavy atom. The molecule has 0 aromatic rings. The lowest BCUT2D eigenvalue weighted by Crippen LogP contribution is -2.16. The molecular formula is C50H110. The minimum Gasteiger partial charge on any atom is -0.0654 e. The molecule has 0 bridgehead atoms. The average molecular weight is 711 g/mol. The Morgan fingerprint density at radius 1 is 0.340 bits per heavy atom. The predicted octanol–water partition coefficient (Wildman–Crippen LogP) is 20.0. The van der Waals surface area contributed by atoms with Gasteiger partial charge >= 0.3 is 0 Å². The van der Waals surface area contributed by atoms with Crippen molar-refractivity contribution in [2.24, 2.45) is 28.6 Å². The molecule has 0 heteroatoms. The highest BCUT2D eigenvalue weighted by molar-refractivity contribution is 4.73. The fourth-order valence-corrected chi connectivity index (χ4v) is 7.99. The first-order chi connectivity index (χ1) is 23.9. The fraction of sp³-hybridized carbons (Fsp3) is 1.00. The van der Waals surface area contributed by atoms with Crippen LogP contribution in [0.25, 0.3) is 0 Å². The van der Waals surface area contributed by atoms with Crippen molar-refractivity contribution in [3.05, 3.63) is 0 Å². The summed E-state index contributed by atoms with van der Waals surface area (Å²) >= 11 is 0. The Hall–Kier alpha value is 0. The van der Waals surface area contributed by atoms with Crippen molar-refractivity contribution in [1.29, 1.82) is 0 Å². The predicted molar refractivity (Wildman–Crippen MR) is 241 cm³/mol. The minimum absolute atomic E-state index is 0.642. The van der Waals surface area contributed by atoms with E-state index in [4.69, 9.17) is 0 Å². The van der Waals surface area contributed by atoms with Crippen LogP contribution in [0, 0.1) is 28.6 Å². The van der Waals surface area contributed by atoms with Gasteiger partial charge in [-0.25, -0.2) is 0 Å². The highest BCUT2D eigenvalue weighted by Crippen LogP contribution is 2.35. The molecule has 0 amide bonds. The van der Waals surface area contributed by atoms with Crippen LogP contribution in [-0.2, 0) is 0 Å². The second-order valence-corrected chi connectivity index (χ2v) is 16.8. The van der Waals surface area contributed by atoms with Gasteiger partial charge in [0.1, 0.15) is 0 Å². The van der Waals surface area contributed by atoms with Crippen LogP contribution >= 0.6 is 0 Å². The van der Waals surface area contributed by atoms with Crippen molar-refractivity contribution in [3.63, 3.8) is 0 Å². The molecule has 0 fully saturated rings. The van der Waals surface area contributed by atoms with E-state index in [2.05, 4.69) is 118 Å².